The fraction of sp³-hybridized carbons (Fsp3) is 0.556. The monoisotopic (exact) mass is 202 g/mol. The zero-order chi connectivity index (χ0) is 11.5. The Balaban J connectivity index is 4.05. The summed E-state index contributed by atoms with van der Waals surface area (Å²) in [6, 6.07) is 6.47. The van der Waals surface area contributed by atoms with Crippen LogP contribution in [0.25, 0.3) is 0 Å². The molecule has 2 unspecified atom stereocenters. The molecule has 76 valence electrons. The highest BCUT2D eigenvalue weighted by Crippen LogP contribution is 1.96. The van der Waals surface area contributed by atoms with Crippen LogP contribution in [0.5, 0.6) is 0 Å². The lowest BCUT2D eigenvalue weighted by atomic mass is 10.1. The van der Waals surface area contributed by atoms with Gasteiger partial charge in [-0.25, -0.2) is 0 Å². The van der Waals surface area contributed by atoms with Gasteiger partial charge < -0.3 is 0 Å². The van der Waals surface area contributed by atoms with E-state index < -0.39 is 12.1 Å². The van der Waals surface area contributed by atoms with Crippen molar-refractivity contribution >= 4 is 0 Å². The number of nitrogens with one attached hydrogen (secondary N) is 2. The standard InChI is InChI=1S/C9H10N6/c10-1-3-14-8(6-12)5-9(7-13)15-4-2-11/h8-9,14-15H,3-5H2. The van der Waals surface area contributed by atoms with Crippen LogP contribution in [0.4, 0.5) is 0 Å². The smallest absolute Gasteiger partial charge is 0.0986 e. The van der Waals surface area contributed by atoms with Gasteiger partial charge in [0.05, 0.1) is 49.5 Å². The fourth-order valence-corrected chi connectivity index (χ4v) is 0.937. The van der Waals surface area contributed by atoms with E-state index in [0.29, 0.717) is 0 Å². The Morgan fingerprint density at radius 1 is 0.800 bits per heavy atom. The summed E-state index contributed by atoms with van der Waals surface area (Å²) in [5.74, 6) is 0. The van der Waals surface area contributed by atoms with Gasteiger partial charge in [-0.05, 0) is 0 Å². The molecule has 0 heterocycles. The van der Waals surface area contributed by atoms with Crippen LogP contribution in [0, 0.1) is 45.3 Å². The minimum atomic E-state index is -0.555. The molecule has 0 saturated heterocycles. The van der Waals surface area contributed by atoms with E-state index >= 15 is 0 Å². The SMILES string of the molecule is N#CCNC(C#N)CC(C#N)NCC#N. The lowest BCUT2D eigenvalue weighted by Crippen LogP contribution is -2.37. The van der Waals surface area contributed by atoms with Crippen molar-refractivity contribution < 1.29 is 0 Å². The number of rotatable bonds is 6. The largest absolute Gasteiger partial charge is 0.289 e. The summed E-state index contributed by atoms with van der Waals surface area (Å²) in [6.45, 7) is 0.128. The molecule has 0 aromatic rings. The van der Waals surface area contributed by atoms with Crippen molar-refractivity contribution in [2.45, 2.75) is 18.5 Å². The number of nitrogens with zero attached hydrogens (tertiary/aromatic N) is 4. The first kappa shape index (κ1) is 12.9. The van der Waals surface area contributed by atoms with Crippen molar-refractivity contribution in [3.8, 4) is 24.3 Å². The first-order valence-electron chi connectivity index (χ1n) is 4.28. The van der Waals surface area contributed by atoms with Crippen molar-refractivity contribution in [1.82, 2.24) is 10.6 Å². The second kappa shape index (κ2) is 8.48. The first-order chi connectivity index (χ1) is 7.28. The zero-order valence-electron chi connectivity index (χ0n) is 8.06. The molecule has 6 nitrogen and oxygen atoms in total. The molecule has 0 aliphatic carbocycles. The lowest BCUT2D eigenvalue weighted by Gasteiger charge is -2.13. The Morgan fingerprint density at radius 3 is 1.47 bits per heavy atom. The lowest BCUT2D eigenvalue weighted by molar-refractivity contribution is 0.519. The van der Waals surface area contributed by atoms with E-state index in [0.717, 1.165) is 0 Å². The Morgan fingerprint density at radius 2 is 1.20 bits per heavy atom. The molecule has 2 atom stereocenters. The molecule has 0 aromatic heterocycles. The van der Waals surface area contributed by atoms with Crippen LogP contribution in [-0.2, 0) is 0 Å². The summed E-state index contributed by atoms with van der Waals surface area (Å²) in [5.41, 5.74) is 0. The van der Waals surface area contributed by atoms with Crippen molar-refractivity contribution in [1.29, 1.82) is 21.0 Å². The predicted molar refractivity (Wildman–Crippen MR) is 50.7 cm³/mol. The van der Waals surface area contributed by atoms with Crippen molar-refractivity contribution in [2.75, 3.05) is 13.1 Å². The van der Waals surface area contributed by atoms with E-state index in [1.807, 2.05) is 24.3 Å². The number of hydrogen-bond donors (Lipinski definition) is 2. The average Bonchev–Trinajstić information content (AvgIpc) is 2.28. The Hall–Kier alpha value is -2.12. The topological polar surface area (TPSA) is 119 Å². The zero-order valence-corrected chi connectivity index (χ0v) is 8.06. The number of hydrogen-bond acceptors (Lipinski definition) is 6. The van der Waals surface area contributed by atoms with E-state index in [2.05, 4.69) is 10.6 Å². The third kappa shape index (κ3) is 6.02. The second-order valence-corrected chi connectivity index (χ2v) is 2.68. The van der Waals surface area contributed by atoms with E-state index in [1.165, 1.54) is 0 Å². The van der Waals surface area contributed by atoms with Crippen molar-refractivity contribution in [3.05, 3.63) is 0 Å². The highest BCUT2D eigenvalue weighted by molar-refractivity contribution is 5.01. The molecule has 15 heavy (non-hydrogen) atoms. The van der Waals surface area contributed by atoms with Gasteiger partial charge in [0.1, 0.15) is 0 Å². The van der Waals surface area contributed by atoms with Crippen molar-refractivity contribution in [2.24, 2.45) is 0 Å². The Bertz CT molecular complexity index is 302. The molecule has 0 aliphatic heterocycles. The van der Waals surface area contributed by atoms with Crippen molar-refractivity contribution in [3.63, 3.8) is 0 Å². The molecule has 0 fully saturated rings. The summed E-state index contributed by atoms with van der Waals surface area (Å²) in [7, 11) is 0. The second-order valence-electron chi connectivity index (χ2n) is 2.68. The summed E-state index contributed by atoms with van der Waals surface area (Å²) < 4.78 is 0. The molecule has 0 radical (unpaired) electrons. The summed E-state index contributed by atoms with van der Waals surface area (Å²) in [6.07, 6.45) is 0.246. The molecule has 0 bridgehead atoms. The predicted octanol–water partition coefficient (Wildman–Crippen LogP) is -0.613. The maximum absolute atomic E-state index is 8.70. The van der Waals surface area contributed by atoms with Gasteiger partial charge in [0.2, 0.25) is 0 Å². The molecule has 0 spiro atoms. The van der Waals surface area contributed by atoms with Crippen LogP contribution in [0.3, 0.4) is 0 Å². The third-order valence-electron chi connectivity index (χ3n) is 1.64. The highest BCUT2D eigenvalue weighted by atomic mass is 14.9. The van der Waals surface area contributed by atoms with Crippen LogP contribution in [0.1, 0.15) is 6.42 Å². The van der Waals surface area contributed by atoms with E-state index in [-0.39, 0.29) is 19.5 Å². The molecule has 0 aliphatic rings. The molecule has 0 amide bonds. The maximum Gasteiger partial charge on any atom is 0.0986 e. The van der Waals surface area contributed by atoms with Gasteiger partial charge in [-0.1, -0.05) is 0 Å². The van der Waals surface area contributed by atoms with Gasteiger partial charge in [-0.3, -0.25) is 10.6 Å². The van der Waals surface area contributed by atoms with Gasteiger partial charge in [-0.2, -0.15) is 21.0 Å². The Labute approximate surface area is 88.3 Å². The molecule has 0 aromatic carbocycles. The van der Waals surface area contributed by atoms with E-state index in [1.54, 1.807) is 0 Å². The molecule has 6 heteroatoms. The van der Waals surface area contributed by atoms with Crippen LogP contribution in [0.2, 0.25) is 0 Å². The Kier molecular flexibility index (Phi) is 7.28. The molecule has 0 saturated carbocycles. The van der Waals surface area contributed by atoms with Gasteiger partial charge >= 0.3 is 0 Å². The van der Waals surface area contributed by atoms with Gasteiger partial charge in [0.25, 0.3) is 0 Å². The first-order valence-corrected chi connectivity index (χ1v) is 4.28. The molecular weight excluding hydrogens is 192 g/mol. The highest BCUT2D eigenvalue weighted by Gasteiger charge is 2.14. The molecule has 2 N–H and O–H groups in total. The molecular formula is C9H10N6. The quantitative estimate of drug-likeness (QED) is 0.554. The summed E-state index contributed by atoms with van der Waals surface area (Å²) >= 11 is 0. The minimum Gasteiger partial charge on any atom is -0.289 e. The van der Waals surface area contributed by atoms with Crippen LogP contribution < -0.4 is 10.6 Å². The fourth-order valence-electron chi connectivity index (χ4n) is 0.937. The third-order valence-corrected chi connectivity index (χ3v) is 1.64. The van der Waals surface area contributed by atoms with Crippen LogP contribution >= 0.6 is 0 Å². The van der Waals surface area contributed by atoms with E-state index in [4.69, 9.17) is 21.0 Å². The minimum absolute atomic E-state index is 0.0641. The van der Waals surface area contributed by atoms with Crippen LogP contribution in [0.15, 0.2) is 0 Å². The summed E-state index contributed by atoms with van der Waals surface area (Å²) in [5, 5.41) is 39.3. The maximum atomic E-state index is 8.70. The van der Waals surface area contributed by atoms with Gasteiger partial charge in [0, 0.05) is 6.42 Å². The van der Waals surface area contributed by atoms with Crippen LogP contribution in [-0.4, -0.2) is 25.2 Å². The normalized spacial score (nSPS) is 12.5. The van der Waals surface area contributed by atoms with Gasteiger partial charge in [-0.15, -0.1) is 0 Å². The average molecular weight is 202 g/mol. The van der Waals surface area contributed by atoms with Gasteiger partial charge in [0.15, 0.2) is 0 Å². The van der Waals surface area contributed by atoms with E-state index in [9.17, 15) is 0 Å². The summed E-state index contributed by atoms with van der Waals surface area (Å²) in [4.78, 5) is 0. The molecule has 0 rings (SSSR count). The number of nitriles is 4.